The maximum atomic E-state index is 12.2. The summed E-state index contributed by atoms with van der Waals surface area (Å²) in [5.41, 5.74) is 1.55. The van der Waals surface area contributed by atoms with Crippen LogP contribution < -0.4 is 20.1 Å². The van der Waals surface area contributed by atoms with Crippen LogP contribution in [0, 0.1) is 0 Å². The monoisotopic (exact) mass is 406 g/mol. The van der Waals surface area contributed by atoms with E-state index in [0.717, 1.165) is 22.9 Å². The molecule has 0 radical (unpaired) electrons. The number of rotatable bonds is 11. The molecule has 0 saturated carbocycles. The van der Waals surface area contributed by atoms with Crippen molar-refractivity contribution in [2.45, 2.75) is 6.92 Å². The molecule has 0 saturated heterocycles. The van der Waals surface area contributed by atoms with Crippen LogP contribution in [0.2, 0.25) is 0 Å². The first-order valence-electron chi connectivity index (χ1n) is 9.90. The van der Waals surface area contributed by atoms with E-state index in [-0.39, 0.29) is 12.5 Å². The minimum absolute atomic E-state index is 0.135. The van der Waals surface area contributed by atoms with Crippen molar-refractivity contribution in [3.05, 3.63) is 78.9 Å². The summed E-state index contributed by atoms with van der Waals surface area (Å²) in [7, 11) is 0. The average Bonchev–Trinajstić information content (AvgIpc) is 2.78. The number of benzene rings is 3. The average molecular weight is 406 g/mol. The van der Waals surface area contributed by atoms with Crippen molar-refractivity contribution in [1.29, 1.82) is 0 Å². The van der Waals surface area contributed by atoms with Crippen LogP contribution in [0.4, 0.5) is 11.4 Å². The predicted octanol–water partition coefficient (Wildman–Crippen LogP) is 4.94. The van der Waals surface area contributed by atoms with Gasteiger partial charge >= 0.3 is 0 Å². The van der Waals surface area contributed by atoms with Gasteiger partial charge in [-0.1, -0.05) is 18.2 Å². The molecule has 6 heteroatoms. The lowest BCUT2D eigenvalue weighted by Crippen LogP contribution is -2.21. The zero-order valence-electron chi connectivity index (χ0n) is 17.0. The van der Waals surface area contributed by atoms with Gasteiger partial charge in [-0.05, 0) is 67.6 Å². The van der Waals surface area contributed by atoms with E-state index in [0.29, 0.717) is 25.5 Å². The number of hydrogen-bond acceptors (Lipinski definition) is 5. The van der Waals surface area contributed by atoms with Gasteiger partial charge in [0.1, 0.15) is 23.9 Å². The van der Waals surface area contributed by atoms with Crippen molar-refractivity contribution >= 4 is 17.3 Å². The van der Waals surface area contributed by atoms with Crippen LogP contribution in [0.5, 0.6) is 17.2 Å². The van der Waals surface area contributed by atoms with Gasteiger partial charge in [-0.2, -0.15) is 0 Å². The molecule has 3 rings (SSSR count). The summed E-state index contributed by atoms with van der Waals surface area (Å²) in [5, 5.41) is 5.95. The summed E-state index contributed by atoms with van der Waals surface area (Å²) in [5.74, 6) is 2.12. The molecule has 156 valence electrons. The molecule has 0 spiro atoms. The number of ether oxygens (including phenoxy) is 3. The largest absolute Gasteiger partial charge is 0.491 e. The Kier molecular flexibility index (Phi) is 8.12. The number of anilines is 2. The van der Waals surface area contributed by atoms with Gasteiger partial charge in [-0.3, -0.25) is 4.79 Å². The first-order chi connectivity index (χ1) is 14.7. The van der Waals surface area contributed by atoms with Crippen LogP contribution in [0.3, 0.4) is 0 Å². The summed E-state index contributed by atoms with van der Waals surface area (Å²) in [6, 6.07) is 24.3. The van der Waals surface area contributed by atoms with Crippen LogP contribution in [-0.4, -0.2) is 32.3 Å². The number of carbonyl (C=O) groups is 1. The lowest BCUT2D eigenvalue weighted by atomic mass is 10.3. The molecule has 1 amide bonds. The van der Waals surface area contributed by atoms with Crippen molar-refractivity contribution in [2.75, 3.05) is 37.0 Å². The molecule has 0 aliphatic heterocycles. The smallest absolute Gasteiger partial charge is 0.243 e. The molecule has 2 N–H and O–H groups in total. The van der Waals surface area contributed by atoms with E-state index >= 15 is 0 Å². The number of nitrogens with one attached hydrogen (secondary N) is 2. The van der Waals surface area contributed by atoms with Gasteiger partial charge in [0.25, 0.3) is 0 Å². The zero-order chi connectivity index (χ0) is 21.0. The SMILES string of the molecule is CCOCCOc1ccc(NC(=O)CNc2ccc(Oc3ccccc3)cc2)cc1. The fraction of sp³-hybridized carbons (Fsp3) is 0.208. The van der Waals surface area contributed by atoms with E-state index in [1.165, 1.54) is 0 Å². The van der Waals surface area contributed by atoms with Crippen LogP contribution >= 0.6 is 0 Å². The number of para-hydroxylation sites is 1. The third-order valence-electron chi connectivity index (χ3n) is 4.12. The van der Waals surface area contributed by atoms with E-state index < -0.39 is 0 Å². The highest BCUT2D eigenvalue weighted by atomic mass is 16.5. The Morgan fingerprint density at radius 2 is 1.40 bits per heavy atom. The molecular weight excluding hydrogens is 380 g/mol. The summed E-state index contributed by atoms with van der Waals surface area (Å²) in [6.07, 6.45) is 0. The number of amides is 1. The highest BCUT2D eigenvalue weighted by molar-refractivity contribution is 5.93. The van der Waals surface area contributed by atoms with Crippen molar-refractivity contribution in [1.82, 2.24) is 0 Å². The molecule has 0 heterocycles. The molecule has 0 bridgehead atoms. The van der Waals surface area contributed by atoms with Crippen LogP contribution in [-0.2, 0) is 9.53 Å². The Morgan fingerprint density at radius 1 is 0.767 bits per heavy atom. The molecule has 0 aliphatic rings. The van der Waals surface area contributed by atoms with Crippen LogP contribution in [0.1, 0.15) is 6.92 Å². The topological polar surface area (TPSA) is 68.8 Å². The Morgan fingerprint density at radius 3 is 2.10 bits per heavy atom. The third kappa shape index (κ3) is 7.14. The van der Waals surface area contributed by atoms with Gasteiger partial charge in [-0.25, -0.2) is 0 Å². The van der Waals surface area contributed by atoms with Crippen LogP contribution in [0.15, 0.2) is 78.9 Å². The minimum atomic E-state index is -0.135. The number of hydrogen-bond donors (Lipinski definition) is 2. The van der Waals surface area contributed by atoms with Gasteiger partial charge < -0.3 is 24.8 Å². The highest BCUT2D eigenvalue weighted by Gasteiger charge is 2.04. The number of carbonyl (C=O) groups excluding carboxylic acids is 1. The highest BCUT2D eigenvalue weighted by Crippen LogP contribution is 2.22. The maximum absolute atomic E-state index is 12.2. The van der Waals surface area contributed by atoms with Gasteiger partial charge in [0.15, 0.2) is 0 Å². The Hall–Kier alpha value is -3.51. The standard InChI is InChI=1S/C24H26N2O4/c1-2-28-16-17-29-21-12-10-20(11-13-21)26-24(27)18-25-19-8-14-23(15-9-19)30-22-6-4-3-5-7-22/h3-15,25H,2,16-18H2,1H3,(H,26,27). The second kappa shape index (κ2) is 11.5. The normalized spacial score (nSPS) is 10.3. The quantitative estimate of drug-likeness (QED) is 0.441. The molecule has 0 unspecified atom stereocenters. The third-order valence-corrected chi connectivity index (χ3v) is 4.12. The van der Waals surface area contributed by atoms with Crippen molar-refractivity contribution in [2.24, 2.45) is 0 Å². The second-order valence-corrected chi connectivity index (χ2v) is 6.41. The summed E-state index contributed by atoms with van der Waals surface area (Å²) >= 11 is 0. The van der Waals surface area contributed by atoms with Crippen LogP contribution in [0.25, 0.3) is 0 Å². The first kappa shape index (κ1) is 21.2. The van der Waals surface area contributed by atoms with Crippen molar-refractivity contribution in [3.8, 4) is 17.2 Å². The zero-order valence-corrected chi connectivity index (χ0v) is 17.0. The summed E-state index contributed by atoms with van der Waals surface area (Å²) in [6.45, 7) is 3.83. The molecule has 30 heavy (non-hydrogen) atoms. The Bertz CT molecular complexity index is 897. The van der Waals surface area contributed by atoms with Gasteiger partial charge in [0.2, 0.25) is 5.91 Å². The summed E-state index contributed by atoms with van der Waals surface area (Å²) in [4.78, 5) is 12.2. The lowest BCUT2D eigenvalue weighted by molar-refractivity contribution is -0.114. The predicted molar refractivity (Wildman–Crippen MR) is 119 cm³/mol. The van der Waals surface area contributed by atoms with Gasteiger partial charge in [0.05, 0.1) is 13.2 Å². The van der Waals surface area contributed by atoms with E-state index in [4.69, 9.17) is 14.2 Å². The molecule has 6 nitrogen and oxygen atoms in total. The van der Waals surface area contributed by atoms with E-state index in [1.807, 2.05) is 85.8 Å². The van der Waals surface area contributed by atoms with E-state index in [9.17, 15) is 4.79 Å². The van der Waals surface area contributed by atoms with Crippen molar-refractivity contribution < 1.29 is 19.0 Å². The fourth-order valence-electron chi connectivity index (χ4n) is 2.65. The summed E-state index contributed by atoms with van der Waals surface area (Å²) < 4.78 is 16.6. The Labute approximate surface area is 176 Å². The molecule has 3 aromatic rings. The van der Waals surface area contributed by atoms with Gasteiger partial charge in [0, 0.05) is 18.0 Å². The fourth-order valence-corrected chi connectivity index (χ4v) is 2.65. The van der Waals surface area contributed by atoms with Crippen molar-refractivity contribution in [3.63, 3.8) is 0 Å². The molecular formula is C24H26N2O4. The maximum Gasteiger partial charge on any atom is 0.243 e. The first-order valence-corrected chi connectivity index (χ1v) is 9.90. The van der Waals surface area contributed by atoms with E-state index in [2.05, 4.69) is 10.6 Å². The van der Waals surface area contributed by atoms with E-state index in [1.54, 1.807) is 0 Å². The molecule has 3 aromatic carbocycles. The van der Waals surface area contributed by atoms with Gasteiger partial charge in [-0.15, -0.1) is 0 Å². The minimum Gasteiger partial charge on any atom is -0.491 e. The molecule has 0 fully saturated rings. The molecule has 0 aromatic heterocycles. The molecule has 0 aliphatic carbocycles. The molecule has 0 atom stereocenters. The Balaban J connectivity index is 1.41. The second-order valence-electron chi connectivity index (χ2n) is 6.41. The lowest BCUT2D eigenvalue weighted by Gasteiger charge is -2.10.